The molecule has 1 atom stereocenters. The van der Waals surface area contributed by atoms with Gasteiger partial charge in [-0.05, 0) is 51.0 Å². The summed E-state index contributed by atoms with van der Waals surface area (Å²) >= 11 is 1.30. The van der Waals surface area contributed by atoms with Crippen LogP contribution in [0.4, 0.5) is 11.5 Å². The number of esters is 1. The molecule has 0 radical (unpaired) electrons. The van der Waals surface area contributed by atoms with Gasteiger partial charge < -0.3 is 19.8 Å². The predicted octanol–water partition coefficient (Wildman–Crippen LogP) is 5.15. The zero-order chi connectivity index (χ0) is 27.4. The van der Waals surface area contributed by atoms with Crippen LogP contribution in [0.15, 0.2) is 69.8 Å². The Balaban J connectivity index is 1.70. The normalized spacial score (nSPS) is 14.6. The van der Waals surface area contributed by atoms with E-state index in [1.54, 1.807) is 45.0 Å². The number of allylic oxidation sites excluding steroid dienone is 1. The van der Waals surface area contributed by atoms with Crippen LogP contribution in [0, 0.1) is 10.1 Å². The maximum absolute atomic E-state index is 13.4. The van der Waals surface area contributed by atoms with E-state index < -0.39 is 16.8 Å². The van der Waals surface area contributed by atoms with Gasteiger partial charge in [0.2, 0.25) is 0 Å². The third-order valence-corrected chi connectivity index (χ3v) is 6.78. The predicted molar refractivity (Wildman–Crippen MR) is 145 cm³/mol. The molecule has 1 unspecified atom stereocenters. The fourth-order valence-corrected chi connectivity index (χ4v) is 4.99. The third kappa shape index (κ3) is 5.88. The van der Waals surface area contributed by atoms with E-state index in [9.17, 15) is 19.7 Å². The van der Waals surface area contributed by atoms with Gasteiger partial charge in [-0.1, -0.05) is 36.0 Å². The van der Waals surface area contributed by atoms with Crippen molar-refractivity contribution < 1.29 is 19.2 Å². The zero-order valence-corrected chi connectivity index (χ0v) is 22.3. The number of nitro groups is 1. The van der Waals surface area contributed by atoms with Crippen molar-refractivity contribution in [2.24, 2.45) is 0 Å². The van der Waals surface area contributed by atoms with Crippen molar-refractivity contribution in [2.45, 2.75) is 50.6 Å². The molecule has 2 heterocycles. The highest BCUT2D eigenvalue weighted by atomic mass is 32.2. The van der Waals surface area contributed by atoms with Crippen molar-refractivity contribution in [2.75, 3.05) is 11.9 Å². The number of nitrogens with zero attached hydrogens (tertiary/aromatic N) is 2. The molecule has 0 spiro atoms. The molecule has 3 aromatic rings. The molecule has 0 fully saturated rings. The summed E-state index contributed by atoms with van der Waals surface area (Å²) in [6, 6.07) is 13.5. The molecule has 2 aromatic carbocycles. The summed E-state index contributed by atoms with van der Waals surface area (Å²) in [5.74, 6) is 0.284. The van der Waals surface area contributed by atoms with Crippen LogP contribution >= 0.6 is 11.8 Å². The minimum atomic E-state index is -0.696. The van der Waals surface area contributed by atoms with Crippen LogP contribution in [0.25, 0.3) is 0 Å². The number of ether oxygens (including phenoxy) is 2. The molecular weight excluding hydrogens is 508 g/mol. The van der Waals surface area contributed by atoms with Crippen molar-refractivity contribution in [3.63, 3.8) is 0 Å². The Bertz CT molecular complexity index is 1430. The number of nitro benzene ring substituents is 1. The van der Waals surface area contributed by atoms with Crippen molar-refractivity contribution in [3.8, 4) is 5.75 Å². The van der Waals surface area contributed by atoms with Gasteiger partial charge in [-0.15, -0.1) is 0 Å². The van der Waals surface area contributed by atoms with Gasteiger partial charge in [0.1, 0.15) is 11.6 Å². The first-order valence-corrected chi connectivity index (χ1v) is 13.1. The average molecular weight is 537 g/mol. The Morgan fingerprint density at radius 2 is 1.84 bits per heavy atom. The minimum absolute atomic E-state index is 0.0117. The molecule has 2 N–H and O–H groups in total. The molecule has 0 saturated carbocycles. The molecule has 1 aliphatic heterocycles. The number of thioether (sulfide) groups is 1. The Morgan fingerprint density at radius 1 is 1.16 bits per heavy atom. The van der Waals surface area contributed by atoms with Gasteiger partial charge >= 0.3 is 5.97 Å². The van der Waals surface area contributed by atoms with Crippen molar-refractivity contribution in [3.05, 3.63) is 97.0 Å². The van der Waals surface area contributed by atoms with E-state index in [4.69, 9.17) is 9.47 Å². The summed E-state index contributed by atoms with van der Waals surface area (Å²) in [7, 11) is 0. The lowest BCUT2D eigenvalue weighted by Crippen LogP contribution is -2.31. The molecule has 0 aliphatic carbocycles. The fraction of sp³-hybridized carbons (Fsp3) is 0.296. The summed E-state index contributed by atoms with van der Waals surface area (Å²) in [5, 5.41) is 14.4. The molecule has 38 heavy (non-hydrogen) atoms. The summed E-state index contributed by atoms with van der Waals surface area (Å²) in [6.45, 7) is 7.71. The second-order valence-electron chi connectivity index (χ2n) is 8.90. The number of hydrogen-bond donors (Lipinski definition) is 2. The van der Waals surface area contributed by atoms with Crippen LogP contribution in [0.2, 0.25) is 0 Å². The first kappa shape index (κ1) is 26.9. The van der Waals surface area contributed by atoms with Crippen LogP contribution in [0.3, 0.4) is 0 Å². The molecule has 0 amide bonds. The summed E-state index contributed by atoms with van der Waals surface area (Å²) in [5.41, 5.74) is 2.41. The number of anilines is 1. The highest BCUT2D eigenvalue weighted by Crippen LogP contribution is 2.40. The second-order valence-corrected chi connectivity index (χ2v) is 9.86. The van der Waals surface area contributed by atoms with Crippen LogP contribution in [0.5, 0.6) is 5.75 Å². The van der Waals surface area contributed by atoms with Gasteiger partial charge in [-0.25, -0.2) is 9.78 Å². The molecule has 198 valence electrons. The molecule has 1 aromatic heterocycles. The van der Waals surface area contributed by atoms with Crippen molar-refractivity contribution in [1.29, 1.82) is 0 Å². The van der Waals surface area contributed by atoms with Gasteiger partial charge in [0.15, 0.2) is 5.16 Å². The first-order valence-electron chi connectivity index (χ1n) is 12.1. The van der Waals surface area contributed by atoms with E-state index in [0.29, 0.717) is 45.9 Å². The molecule has 4 rings (SSSR count). The van der Waals surface area contributed by atoms with E-state index in [0.717, 1.165) is 11.1 Å². The lowest BCUT2D eigenvalue weighted by Gasteiger charge is -2.29. The fourth-order valence-electron chi connectivity index (χ4n) is 4.17. The van der Waals surface area contributed by atoms with E-state index in [-0.39, 0.29) is 17.4 Å². The number of rotatable bonds is 9. The summed E-state index contributed by atoms with van der Waals surface area (Å²) in [4.78, 5) is 44.5. The number of carbonyl (C=O) groups excluding carboxylic acids is 1. The Morgan fingerprint density at radius 3 is 2.45 bits per heavy atom. The molecular formula is C27H28N4O6S. The van der Waals surface area contributed by atoms with E-state index in [1.165, 1.54) is 23.9 Å². The number of nitrogens with one attached hydrogen (secondary N) is 2. The number of H-pyrrole nitrogens is 1. The number of hydrogen-bond acceptors (Lipinski definition) is 9. The van der Waals surface area contributed by atoms with Gasteiger partial charge in [0.05, 0.1) is 34.7 Å². The lowest BCUT2D eigenvalue weighted by molar-refractivity contribution is -0.384. The number of carbonyl (C=O) groups is 1. The molecule has 1 aliphatic rings. The highest BCUT2D eigenvalue weighted by Gasteiger charge is 2.36. The quantitative estimate of drug-likeness (QED) is 0.125. The van der Waals surface area contributed by atoms with E-state index in [2.05, 4.69) is 15.3 Å². The monoisotopic (exact) mass is 536 g/mol. The largest absolute Gasteiger partial charge is 0.494 e. The second kappa shape index (κ2) is 11.5. The van der Waals surface area contributed by atoms with Gasteiger partial charge in [-0.2, -0.15) is 0 Å². The van der Waals surface area contributed by atoms with Gasteiger partial charge in [-0.3, -0.25) is 14.9 Å². The average Bonchev–Trinajstić information content (AvgIpc) is 2.87. The number of benzene rings is 2. The minimum Gasteiger partial charge on any atom is -0.494 e. The number of non-ortho nitro benzene ring substituents is 1. The number of aromatic nitrogens is 2. The number of fused-ring (bicyclic) bond motifs is 1. The maximum atomic E-state index is 13.4. The Kier molecular flexibility index (Phi) is 8.16. The lowest BCUT2D eigenvalue weighted by atomic mass is 9.82. The summed E-state index contributed by atoms with van der Waals surface area (Å²) < 4.78 is 11.1. The van der Waals surface area contributed by atoms with Crippen LogP contribution in [-0.2, 0) is 15.3 Å². The van der Waals surface area contributed by atoms with Crippen LogP contribution in [0.1, 0.15) is 50.3 Å². The van der Waals surface area contributed by atoms with Crippen LogP contribution in [-0.4, -0.2) is 33.6 Å². The molecule has 10 nitrogen and oxygen atoms in total. The molecule has 0 saturated heterocycles. The van der Waals surface area contributed by atoms with Crippen molar-refractivity contribution >= 4 is 29.2 Å². The van der Waals surface area contributed by atoms with E-state index >= 15 is 0 Å². The molecule has 11 heteroatoms. The van der Waals surface area contributed by atoms with E-state index in [1.807, 2.05) is 19.1 Å². The standard InChI is InChI=1S/C27H28N4O6S/c1-5-36-20-12-8-18(9-13-20)22-21(26(33)37-15(2)3)16(4)28-24-23(22)25(32)30-27(29-24)38-14-17-6-10-19(11-7-17)31(34)35/h6-13,15,22H,5,14H2,1-4H3,(H2,28,29,30,32). The van der Waals surface area contributed by atoms with Crippen molar-refractivity contribution in [1.82, 2.24) is 9.97 Å². The van der Waals surface area contributed by atoms with Gasteiger partial charge in [0.25, 0.3) is 11.2 Å². The molecule has 0 bridgehead atoms. The topological polar surface area (TPSA) is 136 Å². The number of aromatic amines is 1. The Hall–Kier alpha value is -4.12. The summed E-state index contributed by atoms with van der Waals surface area (Å²) in [6.07, 6.45) is -0.334. The van der Waals surface area contributed by atoms with Crippen LogP contribution < -0.4 is 15.6 Å². The zero-order valence-electron chi connectivity index (χ0n) is 21.4. The Labute approximate surface area is 223 Å². The first-order chi connectivity index (χ1) is 18.2. The third-order valence-electron chi connectivity index (χ3n) is 5.83. The smallest absolute Gasteiger partial charge is 0.337 e. The highest BCUT2D eigenvalue weighted by molar-refractivity contribution is 7.98. The maximum Gasteiger partial charge on any atom is 0.337 e. The van der Waals surface area contributed by atoms with Gasteiger partial charge in [0, 0.05) is 23.6 Å². The SMILES string of the molecule is CCOc1ccc(C2C(C(=O)OC(C)C)=C(C)Nc3nc(SCc4ccc([N+](=O)[O-])cc4)[nH]c(=O)c32)cc1.